The number of anilines is 1. The molecule has 1 heterocycles. The van der Waals surface area contributed by atoms with Crippen LogP contribution in [-0.4, -0.2) is 16.8 Å². The van der Waals surface area contributed by atoms with Crippen molar-refractivity contribution in [3.05, 3.63) is 58.6 Å². The number of aromatic nitrogens is 1. The van der Waals surface area contributed by atoms with Crippen molar-refractivity contribution in [2.45, 2.75) is 0 Å². The lowest BCUT2D eigenvalue weighted by Crippen LogP contribution is -2.15. The van der Waals surface area contributed by atoms with Crippen molar-refractivity contribution in [1.29, 1.82) is 0 Å². The molecule has 20 heavy (non-hydrogen) atoms. The zero-order valence-corrected chi connectivity index (χ0v) is 10.8. The molecule has 2 amide bonds. The van der Waals surface area contributed by atoms with E-state index in [0.29, 0.717) is 5.69 Å². The van der Waals surface area contributed by atoms with Gasteiger partial charge < -0.3 is 11.1 Å². The Morgan fingerprint density at radius 3 is 2.65 bits per heavy atom. The highest BCUT2D eigenvalue weighted by molar-refractivity contribution is 6.34. The molecule has 0 radical (unpaired) electrons. The molecule has 0 aliphatic rings. The monoisotopic (exact) mass is 293 g/mol. The number of hydrogen-bond acceptors (Lipinski definition) is 3. The lowest BCUT2D eigenvalue weighted by atomic mass is 10.1. The van der Waals surface area contributed by atoms with Gasteiger partial charge >= 0.3 is 0 Å². The first kappa shape index (κ1) is 14.0. The number of nitrogens with one attached hydrogen (secondary N) is 1. The Balaban J connectivity index is 2.24. The number of benzene rings is 1. The molecular formula is C13H9ClFN3O2. The fourth-order valence-electron chi connectivity index (χ4n) is 1.54. The summed E-state index contributed by atoms with van der Waals surface area (Å²) in [5.74, 6) is -2.00. The summed E-state index contributed by atoms with van der Waals surface area (Å²) in [6.45, 7) is 0. The second-order valence-corrected chi connectivity index (χ2v) is 4.29. The van der Waals surface area contributed by atoms with Crippen molar-refractivity contribution < 1.29 is 14.0 Å². The molecule has 0 spiro atoms. The minimum Gasteiger partial charge on any atom is -0.366 e. The van der Waals surface area contributed by atoms with Crippen LogP contribution in [0.25, 0.3) is 0 Å². The lowest BCUT2D eigenvalue weighted by molar-refractivity contribution is 0.0996. The Hall–Kier alpha value is -2.47. The van der Waals surface area contributed by atoms with E-state index in [0.717, 1.165) is 6.07 Å². The van der Waals surface area contributed by atoms with Crippen molar-refractivity contribution in [3.8, 4) is 0 Å². The van der Waals surface area contributed by atoms with Gasteiger partial charge in [0, 0.05) is 23.5 Å². The predicted molar refractivity (Wildman–Crippen MR) is 72.1 cm³/mol. The van der Waals surface area contributed by atoms with E-state index in [1.807, 2.05) is 0 Å². The molecule has 3 N–H and O–H groups in total. The standard InChI is InChI=1S/C13H9ClFN3O2/c14-10-2-1-8(6-9(10)12(16)19)18-13(20)7-3-4-17-11(15)5-7/h1-6H,(H2,16,19)(H,18,20). The molecule has 5 nitrogen and oxygen atoms in total. The van der Waals surface area contributed by atoms with E-state index < -0.39 is 17.8 Å². The Kier molecular flexibility index (Phi) is 3.95. The smallest absolute Gasteiger partial charge is 0.255 e. The van der Waals surface area contributed by atoms with Crippen LogP contribution in [0.15, 0.2) is 36.5 Å². The van der Waals surface area contributed by atoms with E-state index in [1.165, 1.54) is 30.5 Å². The summed E-state index contributed by atoms with van der Waals surface area (Å²) in [6.07, 6.45) is 1.18. The number of carbonyl (C=O) groups is 2. The zero-order valence-electron chi connectivity index (χ0n) is 10.1. The summed E-state index contributed by atoms with van der Waals surface area (Å²) in [4.78, 5) is 26.4. The number of carbonyl (C=O) groups excluding carboxylic acids is 2. The SMILES string of the molecule is NC(=O)c1cc(NC(=O)c2ccnc(F)c2)ccc1Cl. The van der Waals surface area contributed by atoms with Crippen LogP contribution in [0.3, 0.4) is 0 Å². The lowest BCUT2D eigenvalue weighted by Gasteiger charge is -2.07. The van der Waals surface area contributed by atoms with Gasteiger partial charge in [0.15, 0.2) is 0 Å². The maximum Gasteiger partial charge on any atom is 0.255 e. The maximum absolute atomic E-state index is 12.9. The molecule has 0 unspecified atom stereocenters. The van der Waals surface area contributed by atoms with Crippen LogP contribution in [0.4, 0.5) is 10.1 Å². The van der Waals surface area contributed by atoms with Gasteiger partial charge in [0.05, 0.1) is 10.6 Å². The normalized spacial score (nSPS) is 10.1. The third-order valence-electron chi connectivity index (χ3n) is 2.48. The van der Waals surface area contributed by atoms with E-state index >= 15 is 0 Å². The molecule has 7 heteroatoms. The highest BCUT2D eigenvalue weighted by atomic mass is 35.5. The van der Waals surface area contributed by atoms with Crippen LogP contribution in [0.1, 0.15) is 20.7 Å². The van der Waals surface area contributed by atoms with Crippen LogP contribution < -0.4 is 11.1 Å². The second kappa shape index (κ2) is 5.66. The molecule has 0 bridgehead atoms. The van der Waals surface area contributed by atoms with Gasteiger partial charge in [-0.05, 0) is 24.3 Å². The van der Waals surface area contributed by atoms with Crippen molar-refractivity contribution in [2.75, 3.05) is 5.32 Å². The van der Waals surface area contributed by atoms with E-state index in [9.17, 15) is 14.0 Å². The van der Waals surface area contributed by atoms with E-state index in [1.54, 1.807) is 0 Å². The van der Waals surface area contributed by atoms with Gasteiger partial charge in [-0.15, -0.1) is 0 Å². The maximum atomic E-state index is 12.9. The van der Waals surface area contributed by atoms with Gasteiger partial charge in [0.25, 0.3) is 5.91 Å². The number of rotatable bonds is 3. The van der Waals surface area contributed by atoms with Crippen molar-refractivity contribution >= 4 is 29.1 Å². The molecule has 2 rings (SSSR count). The molecule has 0 aliphatic carbocycles. The van der Waals surface area contributed by atoms with Crippen LogP contribution in [0.2, 0.25) is 5.02 Å². The Bertz CT molecular complexity index is 691. The third-order valence-corrected chi connectivity index (χ3v) is 2.81. The molecule has 0 saturated carbocycles. The summed E-state index contributed by atoms with van der Waals surface area (Å²) < 4.78 is 12.9. The molecule has 0 atom stereocenters. The number of nitrogens with zero attached hydrogens (tertiary/aromatic N) is 1. The van der Waals surface area contributed by atoms with Crippen molar-refractivity contribution in [1.82, 2.24) is 4.98 Å². The van der Waals surface area contributed by atoms with Crippen molar-refractivity contribution in [2.24, 2.45) is 5.73 Å². The molecule has 0 aliphatic heterocycles. The number of primary amides is 1. The fourth-order valence-corrected chi connectivity index (χ4v) is 1.75. The largest absolute Gasteiger partial charge is 0.366 e. The quantitative estimate of drug-likeness (QED) is 0.851. The van der Waals surface area contributed by atoms with Gasteiger partial charge in [0.2, 0.25) is 11.9 Å². The average molecular weight is 294 g/mol. The molecular weight excluding hydrogens is 285 g/mol. The number of hydrogen-bond donors (Lipinski definition) is 2. The number of halogens is 2. The summed E-state index contributed by atoms with van der Waals surface area (Å²) >= 11 is 5.79. The van der Waals surface area contributed by atoms with Crippen LogP contribution in [0, 0.1) is 5.95 Å². The topological polar surface area (TPSA) is 85.1 Å². The van der Waals surface area contributed by atoms with Gasteiger partial charge in [-0.1, -0.05) is 11.6 Å². The first-order valence-corrected chi connectivity index (χ1v) is 5.87. The second-order valence-electron chi connectivity index (χ2n) is 3.88. The summed E-state index contributed by atoms with van der Waals surface area (Å²) in [5.41, 5.74) is 5.67. The molecule has 102 valence electrons. The highest BCUT2D eigenvalue weighted by Crippen LogP contribution is 2.20. The van der Waals surface area contributed by atoms with Gasteiger partial charge in [-0.25, -0.2) is 4.98 Å². The first-order chi connectivity index (χ1) is 9.47. The average Bonchev–Trinajstić information content (AvgIpc) is 2.40. The van der Waals surface area contributed by atoms with Gasteiger partial charge in [-0.3, -0.25) is 9.59 Å². The van der Waals surface area contributed by atoms with Gasteiger partial charge in [-0.2, -0.15) is 4.39 Å². The first-order valence-electron chi connectivity index (χ1n) is 5.49. The molecule has 0 fully saturated rings. The van der Waals surface area contributed by atoms with E-state index in [-0.39, 0.29) is 16.1 Å². The summed E-state index contributed by atoms with van der Waals surface area (Å²) in [6, 6.07) is 6.65. The molecule has 1 aromatic carbocycles. The van der Waals surface area contributed by atoms with E-state index in [4.69, 9.17) is 17.3 Å². The van der Waals surface area contributed by atoms with Crippen molar-refractivity contribution in [3.63, 3.8) is 0 Å². The summed E-state index contributed by atoms with van der Waals surface area (Å²) in [5, 5.41) is 2.69. The Morgan fingerprint density at radius 1 is 1.25 bits per heavy atom. The predicted octanol–water partition coefficient (Wildman–Crippen LogP) is 2.23. The highest BCUT2D eigenvalue weighted by Gasteiger charge is 2.11. The van der Waals surface area contributed by atoms with Crippen LogP contribution in [0.5, 0.6) is 0 Å². The third kappa shape index (κ3) is 3.10. The minimum atomic E-state index is -0.758. The zero-order chi connectivity index (χ0) is 14.7. The van der Waals surface area contributed by atoms with E-state index in [2.05, 4.69) is 10.3 Å². The molecule has 0 saturated heterocycles. The summed E-state index contributed by atoms with van der Waals surface area (Å²) in [7, 11) is 0. The molecule has 1 aromatic heterocycles. The van der Waals surface area contributed by atoms with Crippen LogP contribution in [-0.2, 0) is 0 Å². The minimum absolute atomic E-state index is 0.0883. The van der Waals surface area contributed by atoms with Crippen LogP contribution >= 0.6 is 11.6 Å². The number of nitrogens with two attached hydrogens (primary N) is 1. The molecule has 2 aromatic rings. The fraction of sp³-hybridized carbons (Fsp3) is 0. The Morgan fingerprint density at radius 2 is 2.00 bits per heavy atom. The number of pyridine rings is 1. The number of amides is 2. The Labute approximate surface area is 118 Å². The van der Waals surface area contributed by atoms with Gasteiger partial charge in [0.1, 0.15) is 0 Å².